The van der Waals surface area contributed by atoms with Crippen molar-refractivity contribution in [1.29, 1.82) is 0 Å². The molecular formula is C19H21F3N4O2. The summed E-state index contributed by atoms with van der Waals surface area (Å²) in [6, 6.07) is 2.40. The fraction of sp³-hybridized carbons (Fsp3) is 0.421. The van der Waals surface area contributed by atoms with E-state index in [9.17, 15) is 18.0 Å². The second-order valence-corrected chi connectivity index (χ2v) is 6.56. The Morgan fingerprint density at radius 3 is 2.46 bits per heavy atom. The van der Waals surface area contributed by atoms with Crippen LogP contribution in [0, 0.1) is 0 Å². The number of hydrogen-bond donors (Lipinski definition) is 1. The molecule has 1 saturated heterocycles. The molecular weight excluding hydrogens is 373 g/mol. The van der Waals surface area contributed by atoms with Crippen LogP contribution in [0.1, 0.15) is 41.6 Å². The third-order valence-electron chi connectivity index (χ3n) is 4.55. The summed E-state index contributed by atoms with van der Waals surface area (Å²) in [7, 11) is 1.46. The molecule has 0 radical (unpaired) electrons. The van der Waals surface area contributed by atoms with Crippen LogP contribution < -0.4 is 15.0 Å². The highest BCUT2D eigenvalue weighted by Crippen LogP contribution is 2.32. The number of ether oxygens (including phenoxy) is 1. The van der Waals surface area contributed by atoms with E-state index >= 15 is 0 Å². The lowest BCUT2D eigenvalue weighted by Gasteiger charge is -2.24. The van der Waals surface area contributed by atoms with Crippen molar-refractivity contribution in [2.24, 2.45) is 0 Å². The Kier molecular flexibility index (Phi) is 6.01. The van der Waals surface area contributed by atoms with Crippen molar-refractivity contribution in [1.82, 2.24) is 9.97 Å². The molecule has 0 spiro atoms. The lowest BCUT2D eigenvalue weighted by Crippen LogP contribution is -2.28. The van der Waals surface area contributed by atoms with E-state index < -0.39 is 17.6 Å². The first-order valence-electron chi connectivity index (χ1n) is 9.01. The molecule has 1 N–H and O–H groups in total. The monoisotopic (exact) mass is 394 g/mol. The van der Waals surface area contributed by atoms with Crippen molar-refractivity contribution >= 4 is 17.4 Å². The molecule has 0 unspecified atom stereocenters. The second-order valence-electron chi connectivity index (χ2n) is 6.56. The summed E-state index contributed by atoms with van der Waals surface area (Å²) in [5, 5.41) is 2.59. The van der Waals surface area contributed by atoms with Crippen LogP contribution in [0.2, 0.25) is 0 Å². The molecule has 2 aromatic rings. The first-order valence-corrected chi connectivity index (χ1v) is 9.01. The quantitative estimate of drug-likeness (QED) is 0.844. The van der Waals surface area contributed by atoms with Gasteiger partial charge in [0.05, 0.1) is 36.3 Å². The highest BCUT2D eigenvalue weighted by Gasteiger charge is 2.33. The molecule has 0 aliphatic carbocycles. The molecule has 0 bridgehead atoms. The number of nitrogens with zero attached hydrogens (tertiary/aromatic N) is 3. The van der Waals surface area contributed by atoms with Gasteiger partial charge in [0.15, 0.2) is 0 Å². The van der Waals surface area contributed by atoms with Crippen molar-refractivity contribution in [3.8, 4) is 5.75 Å². The Morgan fingerprint density at radius 2 is 1.82 bits per heavy atom. The van der Waals surface area contributed by atoms with Gasteiger partial charge in [-0.05, 0) is 18.9 Å². The first-order chi connectivity index (χ1) is 13.4. The molecule has 1 fully saturated rings. The zero-order chi connectivity index (χ0) is 20.1. The molecule has 0 atom stereocenters. The number of carbonyl (C=O) groups is 1. The fourth-order valence-corrected chi connectivity index (χ4v) is 3.11. The number of anilines is 2. The number of rotatable bonds is 4. The van der Waals surface area contributed by atoms with Crippen molar-refractivity contribution < 1.29 is 22.7 Å². The van der Waals surface area contributed by atoms with Crippen molar-refractivity contribution in [3.63, 3.8) is 0 Å². The predicted octanol–water partition coefficient (Wildman–Crippen LogP) is 4.14. The minimum Gasteiger partial charge on any atom is -0.495 e. The minimum atomic E-state index is -4.59. The summed E-state index contributed by atoms with van der Waals surface area (Å²) in [6.45, 7) is 1.30. The lowest BCUT2D eigenvalue weighted by molar-refractivity contribution is -0.137. The molecule has 6 nitrogen and oxygen atoms in total. The normalized spacial score (nSPS) is 15.1. The van der Waals surface area contributed by atoms with Gasteiger partial charge in [0.2, 0.25) is 0 Å². The number of hydrogen-bond acceptors (Lipinski definition) is 5. The zero-order valence-corrected chi connectivity index (χ0v) is 15.4. The predicted molar refractivity (Wildman–Crippen MR) is 98.7 cm³/mol. The number of halogens is 3. The Morgan fingerprint density at radius 1 is 1.11 bits per heavy atom. The molecule has 28 heavy (non-hydrogen) atoms. The number of pyridine rings is 2. The van der Waals surface area contributed by atoms with Crippen LogP contribution in [0.5, 0.6) is 5.75 Å². The standard InChI is InChI=1S/C19H21F3N4O2/c1-28-15-9-14(11-23-12-15)25-18(27)16-8-13(19(20,21)22)10-24-17(16)26-6-4-2-3-5-7-26/h8-12H,2-7H2,1H3,(H,25,27). The number of methoxy groups -OCH3 is 1. The highest BCUT2D eigenvalue weighted by atomic mass is 19.4. The number of aromatic nitrogens is 2. The van der Waals surface area contributed by atoms with Gasteiger partial charge in [-0.15, -0.1) is 0 Å². The largest absolute Gasteiger partial charge is 0.495 e. The van der Waals surface area contributed by atoms with Crippen LogP contribution in [0.4, 0.5) is 24.7 Å². The average molecular weight is 394 g/mol. The third kappa shape index (κ3) is 4.71. The maximum atomic E-state index is 13.2. The highest BCUT2D eigenvalue weighted by molar-refractivity contribution is 6.07. The van der Waals surface area contributed by atoms with Crippen LogP contribution in [0.25, 0.3) is 0 Å². The third-order valence-corrected chi connectivity index (χ3v) is 4.55. The zero-order valence-electron chi connectivity index (χ0n) is 15.4. The molecule has 1 amide bonds. The van der Waals surface area contributed by atoms with Gasteiger partial charge >= 0.3 is 6.18 Å². The number of alkyl halides is 3. The van der Waals surface area contributed by atoms with Gasteiger partial charge in [0, 0.05) is 25.4 Å². The van der Waals surface area contributed by atoms with Crippen molar-refractivity contribution in [2.75, 3.05) is 30.4 Å². The molecule has 9 heteroatoms. The SMILES string of the molecule is COc1cncc(NC(=O)c2cc(C(F)(F)F)cnc2N2CCCCCC2)c1. The van der Waals surface area contributed by atoms with Gasteiger partial charge in [0.25, 0.3) is 5.91 Å². The number of carbonyl (C=O) groups excluding carboxylic acids is 1. The molecule has 1 aliphatic rings. The Balaban J connectivity index is 1.95. The van der Waals surface area contributed by atoms with Crippen LogP contribution in [-0.2, 0) is 6.18 Å². The van der Waals surface area contributed by atoms with Gasteiger partial charge in [-0.25, -0.2) is 4.98 Å². The van der Waals surface area contributed by atoms with E-state index in [1.165, 1.54) is 25.6 Å². The van der Waals surface area contributed by atoms with E-state index in [4.69, 9.17) is 4.74 Å². The fourth-order valence-electron chi connectivity index (χ4n) is 3.11. The van der Waals surface area contributed by atoms with E-state index in [1.54, 1.807) is 0 Å². The van der Waals surface area contributed by atoms with E-state index in [1.807, 2.05) is 4.90 Å². The van der Waals surface area contributed by atoms with Crippen LogP contribution in [0.15, 0.2) is 30.7 Å². The Labute approximate surface area is 160 Å². The molecule has 3 heterocycles. The molecule has 150 valence electrons. The van der Waals surface area contributed by atoms with Crippen LogP contribution >= 0.6 is 0 Å². The number of nitrogens with one attached hydrogen (secondary N) is 1. The molecule has 3 rings (SSSR count). The summed E-state index contributed by atoms with van der Waals surface area (Å²) in [5.41, 5.74) is -0.747. The Bertz CT molecular complexity index is 834. The van der Waals surface area contributed by atoms with Gasteiger partial charge in [0.1, 0.15) is 11.6 Å². The minimum absolute atomic E-state index is 0.112. The summed E-state index contributed by atoms with van der Waals surface area (Å²) in [5.74, 6) is 0.0175. The summed E-state index contributed by atoms with van der Waals surface area (Å²) < 4.78 is 44.6. The van der Waals surface area contributed by atoms with E-state index in [2.05, 4.69) is 15.3 Å². The van der Waals surface area contributed by atoms with Gasteiger partial charge < -0.3 is 15.0 Å². The van der Waals surface area contributed by atoms with Gasteiger partial charge in [-0.3, -0.25) is 9.78 Å². The van der Waals surface area contributed by atoms with E-state index in [0.717, 1.165) is 37.9 Å². The molecule has 0 aromatic carbocycles. The van der Waals surface area contributed by atoms with Gasteiger partial charge in [-0.1, -0.05) is 12.8 Å². The smallest absolute Gasteiger partial charge is 0.417 e. The van der Waals surface area contributed by atoms with Crippen LogP contribution in [-0.4, -0.2) is 36.1 Å². The first kappa shape index (κ1) is 19.9. The van der Waals surface area contributed by atoms with Gasteiger partial charge in [-0.2, -0.15) is 13.2 Å². The second kappa shape index (κ2) is 8.45. The maximum absolute atomic E-state index is 13.2. The van der Waals surface area contributed by atoms with Crippen LogP contribution in [0.3, 0.4) is 0 Å². The summed E-state index contributed by atoms with van der Waals surface area (Å²) in [6.07, 6.45) is 2.97. The molecule has 2 aromatic heterocycles. The number of amides is 1. The molecule has 0 saturated carbocycles. The topological polar surface area (TPSA) is 67.3 Å². The van der Waals surface area contributed by atoms with Crippen molar-refractivity contribution in [3.05, 3.63) is 41.9 Å². The van der Waals surface area contributed by atoms with E-state index in [-0.39, 0.29) is 11.4 Å². The molecule has 1 aliphatic heterocycles. The lowest BCUT2D eigenvalue weighted by atomic mass is 10.1. The summed E-state index contributed by atoms with van der Waals surface area (Å²) >= 11 is 0. The maximum Gasteiger partial charge on any atom is 0.417 e. The van der Waals surface area contributed by atoms with E-state index in [0.29, 0.717) is 24.5 Å². The average Bonchev–Trinajstić information content (AvgIpc) is 2.96. The Hall–Kier alpha value is -2.84. The summed E-state index contributed by atoms with van der Waals surface area (Å²) in [4.78, 5) is 22.7. The van der Waals surface area contributed by atoms with Crippen molar-refractivity contribution in [2.45, 2.75) is 31.9 Å².